The highest BCUT2D eigenvalue weighted by atomic mass is 16.5. The molecule has 0 aromatic heterocycles. The molecule has 1 heterocycles. The quantitative estimate of drug-likeness (QED) is 0.740. The summed E-state index contributed by atoms with van der Waals surface area (Å²) in [6.45, 7) is 0.300. The number of ether oxygens (including phenoxy) is 1. The summed E-state index contributed by atoms with van der Waals surface area (Å²) in [5.41, 5.74) is 5.58. The van der Waals surface area contributed by atoms with E-state index in [1.165, 1.54) is 12.0 Å². The van der Waals surface area contributed by atoms with Crippen LogP contribution >= 0.6 is 0 Å². The molecule has 0 saturated carbocycles. The van der Waals surface area contributed by atoms with Crippen molar-refractivity contribution in [2.24, 2.45) is 5.73 Å². The number of benzene rings is 1. The third-order valence-electron chi connectivity index (χ3n) is 3.03. The highest BCUT2D eigenvalue weighted by molar-refractivity contribution is 6.41. The second-order valence-electron chi connectivity index (χ2n) is 4.32. The molecule has 0 radical (unpaired) electrons. The molecule has 106 valence electrons. The number of anilines is 1. The molecule has 2 N–H and O–H groups in total. The van der Waals surface area contributed by atoms with E-state index in [1.807, 2.05) is 0 Å². The van der Waals surface area contributed by atoms with E-state index in [2.05, 4.69) is 0 Å². The van der Waals surface area contributed by atoms with Crippen LogP contribution in [0.4, 0.5) is 5.69 Å². The first-order valence-electron chi connectivity index (χ1n) is 6.06. The molecule has 2 rings (SSSR count). The Morgan fingerprint density at radius 2 is 1.95 bits per heavy atom. The zero-order chi connectivity index (χ0) is 14.7. The van der Waals surface area contributed by atoms with Crippen LogP contribution in [0.25, 0.3) is 0 Å². The average molecular weight is 277 g/mol. The third kappa shape index (κ3) is 2.56. The van der Waals surface area contributed by atoms with Crippen LogP contribution in [-0.4, -0.2) is 49.4 Å². The Bertz CT molecular complexity index is 558. The van der Waals surface area contributed by atoms with Crippen LogP contribution in [0.1, 0.15) is 0 Å². The van der Waals surface area contributed by atoms with Crippen LogP contribution in [0.2, 0.25) is 0 Å². The molecule has 1 aliphatic rings. The monoisotopic (exact) mass is 277 g/mol. The lowest BCUT2D eigenvalue weighted by molar-refractivity contribution is -0.147. The molecule has 0 atom stereocenters. The zero-order valence-electron chi connectivity index (χ0n) is 11.0. The number of nitrogens with two attached hydrogens (primary N) is 1. The van der Waals surface area contributed by atoms with E-state index < -0.39 is 17.7 Å². The standard InChI is InChI=1S/C13H15N3O4/c1-20-10-5-3-2-4-9(10)16-7-6-15(8-11(14)17)12(18)13(16)19/h2-5H,6-8H2,1H3,(H2,14,17). The molecule has 7 nitrogen and oxygen atoms in total. The fraction of sp³-hybridized carbons (Fsp3) is 0.308. The minimum atomic E-state index is -0.735. The minimum absolute atomic E-state index is 0.246. The Hall–Kier alpha value is -2.57. The van der Waals surface area contributed by atoms with E-state index in [-0.39, 0.29) is 19.6 Å². The molecule has 0 bridgehead atoms. The van der Waals surface area contributed by atoms with Crippen LogP contribution in [0.15, 0.2) is 24.3 Å². The second kappa shape index (κ2) is 5.60. The van der Waals surface area contributed by atoms with E-state index in [0.29, 0.717) is 11.4 Å². The van der Waals surface area contributed by atoms with E-state index in [4.69, 9.17) is 10.5 Å². The number of rotatable bonds is 4. The Morgan fingerprint density at radius 1 is 1.25 bits per heavy atom. The Labute approximate surface area is 115 Å². The largest absolute Gasteiger partial charge is 0.495 e. The van der Waals surface area contributed by atoms with Gasteiger partial charge in [0.2, 0.25) is 5.91 Å². The Kier molecular flexibility index (Phi) is 3.88. The molecule has 0 spiro atoms. The lowest BCUT2D eigenvalue weighted by Gasteiger charge is -2.33. The normalized spacial score (nSPS) is 15.4. The van der Waals surface area contributed by atoms with Crippen molar-refractivity contribution in [1.82, 2.24) is 4.90 Å². The Morgan fingerprint density at radius 3 is 2.60 bits per heavy atom. The second-order valence-corrected chi connectivity index (χ2v) is 4.32. The van der Waals surface area contributed by atoms with Crippen molar-refractivity contribution in [2.45, 2.75) is 0 Å². The number of carbonyl (C=O) groups is 3. The van der Waals surface area contributed by atoms with Gasteiger partial charge >= 0.3 is 11.8 Å². The molecule has 20 heavy (non-hydrogen) atoms. The van der Waals surface area contributed by atoms with Crippen LogP contribution in [0.5, 0.6) is 5.75 Å². The van der Waals surface area contributed by atoms with Gasteiger partial charge in [-0.15, -0.1) is 0 Å². The van der Waals surface area contributed by atoms with Crippen molar-refractivity contribution in [2.75, 3.05) is 31.6 Å². The van der Waals surface area contributed by atoms with Crippen molar-refractivity contribution in [1.29, 1.82) is 0 Å². The number of carbonyl (C=O) groups excluding carboxylic acids is 3. The molecule has 1 saturated heterocycles. The summed E-state index contributed by atoms with van der Waals surface area (Å²) >= 11 is 0. The summed E-state index contributed by atoms with van der Waals surface area (Å²) in [6, 6.07) is 6.94. The number of piperazine rings is 1. The number of methoxy groups -OCH3 is 1. The maximum atomic E-state index is 12.1. The first-order chi connectivity index (χ1) is 9.54. The van der Waals surface area contributed by atoms with Crippen LogP contribution in [0.3, 0.4) is 0 Å². The van der Waals surface area contributed by atoms with Crippen molar-refractivity contribution >= 4 is 23.4 Å². The Balaban J connectivity index is 2.22. The first kappa shape index (κ1) is 13.9. The topological polar surface area (TPSA) is 92.9 Å². The van der Waals surface area contributed by atoms with Crippen LogP contribution in [0, 0.1) is 0 Å². The summed E-state index contributed by atoms with van der Waals surface area (Å²) in [6.07, 6.45) is 0. The van der Waals surface area contributed by atoms with Gasteiger partial charge < -0.3 is 15.4 Å². The number of amides is 3. The smallest absolute Gasteiger partial charge is 0.316 e. The molecular formula is C13H15N3O4. The zero-order valence-corrected chi connectivity index (χ0v) is 11.0. The molecule has 1 aliphatic heterocycles. The van der Waals surface area contributed by atoms with Gasteiger partial charge in [0.05, 0.1) is 19.3 Å². The van der Waals surface area contributed by atoms with Crippen LogP contribution in [-0.2, 0) is 14.4 Å². The lowest BCUT2D eigenvalue weighted by atomic mass is 10.2. The van der Waals surface area contributed by atoms with Crippen LogP contribution < -0.4 is 15.4 Å². The van der Waals surface area contributed by atoms with Crippen molar-refractivity contribution in [3.05, 3.63) is 24.3 Å². The third-order valence-corrected chi connectivity index (χ3v) is 3.03. The van der Waals surface area contributed by atoms with Gasteiger partial charge in [0.25, 0.3) is 0 Å². The number of para-hydroxylation sites is 2. The van der Waals surface area contributed by atoms with Gasteiger partial charge in [-0.1, -0.05) is 12.1 Å². The number of hydrogen-bond donors (Lipinski definition) is 1. The SMILES string of the molecule is COc1ccccc1N1CCN(CC(N)=O)C(=O)C1=O. The predicted octanol–water partition coefficient (Wildman–Crippen LogP) is -0.644. The number of hydrogen-bond acceptors (Lipinski definition) is 4. The van der Waals surface area contributed by atoms with Gasteiger partial charge in [0.1, 0.15) is 5.75 Å². The van der Waals surface area contributed by atoms with E-state index in [0.717, 1.165) is 4.90 Å². The summed E-state index contributed by atoms with van der Waals surface area (Å²) in [5.74, 6) is -1.56. The number of nitrogens with zero attached hydrogens (tertiary/aromatic N) is 2. The summed E-state index contributed by atoms with van der Waals surface area (Å²) in [7, 11) is 1.49. The van der Waals surface area contributed by atoms with Gasteiger partial charge in [-0.2, -0.15) is 0 Å². The van der Waals surface area contributed by atoms with E-state index in [1.54, 1.807) is 24.3 Å². The molecule has 0 aliphatic carbocycles. The summed E-state index contributed by atoms with van der Waals surface area (Å²) in [4.78, 5) is 37.4. The fourth-order valence-electron chi connectivity index (χ4n) is 2.10. The average Bonchev–Trinajstić information content (AvgIpc) is 2.44. The highest BCUT2D eigenvalue weighted by Crippen LogP contribution is 2.28. The van der Waals surface area contributed by atoms with Crippen molar-refractivity contribution in [3.63, 3.8) is 0 Å². The number of primary amides is 1. The maximum absolute atomic E-state index is 12.1. The molecule has 3 amide bonds. The van der Waals surface area contributed by atoms with Crippen molar-refractivity contribution in [3.8, 4) is 5.75 Å². The fourth-order valence-corrected chi connectivity index (χ4v) is 2.10. The van der Waals surface area contributed by atoms with E-state index >= 15 is 0 Å². The molecule has 0 unspecified atom stereocenters. The molecule has 1 aromatic rings. The molecule has 7 heteroatoms. The molecule has 1 fully saturated rings. The first-order valence-corrected chi connectivity index (χ1v) is 6.06. The van der Waals surface area contributed by atoms with Gasteiger partial charge in [0, 0.05) is 13.1 Å². The van der Waals surface area contributed by atoms with Crippen molar-refractivity contribution < 1.29 is 19.1 Å². The molecular weight excluding hydrogens is 262 g/mol. The van der Waals surface area contributed by atoms with Gasteiger partial charge in [-0.05, 0) is 12.1 Å². The molecule has 1 aromatic carbocycles. The summed E-state index contributed by atoms with van der Waals surface area (Å²) < 4.78 is 5.18. The van der Waals surface area contributed by atoms with Gasteiger partial charge in [-0.25, -0.2) is 0 Å². The van der Waals surface area contributed by atoms with Gasteiger partial charge in [0.15, 0.2) is 0 Å². The van der Waals surface area contributed by atoms with Gasteiger partial charge in [-0.3, -0.25) is 19.3 Å². The predicted molar refractivity (Wildman–Crippen MR) is 71.1 cm³/mol. The maximum Gasteiger partial charge on any atom is 0.316 e. The lowest BCUT2D eigenvalue weighted by Crippen LogP contribution is -2.56. The minimum Gasteiger partial charge on any atom is -0.495 e. The summed E-state index contributed by atoms with van der Waals surface area (Å²) in [5, 5.41) is 0. The van der Waals surface area contributed by atoms with E-state index in [9.17, 15) is 14.4 Å². The highest BCUT2D eigenvalue weighted by Gasteiger charge is 2.34.